The number of carbonyl (C=O) groups is 2. The Morgan fingerprint density at radius 3 is 2.52 bits per heavy atom. The summed E-state index contributed by atoms with van der Waals surface area (Å²) in [6.07, 6.45) is -0.601. The minimum atomic E-state index is -0.601. The Labute approximate surface area is 125 Å². The molecule has 0 saturated carbocycles. The summed E-state index contributed by atoms with van der Waals surface area (Å²) >= 11 is 0. The number of likely N-dealkylation sites (N-methyl/N-ethyl adjacent to an activating group) is 1. The first-order valence-electron chi connectivity index (χ1n) is 6.89. The molecule has 0 saturated heterocycles. The number of aliphatic hydroxyl groups is 1. The second-order valence-electron chi connectivity index (χ2n) is 5.31. The van der Waals surface area contributed by atoms with Gasteiger partial charge in [0.05, 0.1) is 6.10 Å². The normalized spacial score (nSPS) is 11.9. The maximum absolute atomic E-state index is 12.0. The molecular weight excluding hydrogens is 270 g/mol. The third-order valence-electron chi connectivity index (χ3n) is 2.80. The van der Waals surface area contributed by atoms with Gasteiger partial charge in [-0.3, -0.25) is 4.79 Å². The number of nitrogens with zero attached hydrogens (tertiary/aromatic N) is 1. The molecule has 6 heteroatoms. The maximum atomic E-state index is 12.0. The highest BCUT2D eigenvalue weighted by atomic mass is 16.3. The van der Waals surface area contributed by atoms with Crippen LogP contribution in [0.25, 0.3) is 0 Å². The molecule has 0 radical (unpaired) electrons. The summed E-state index contributed by atoms with van der Waals surface area (Å²) in [5, 5.41) is 14.9. The smallest absolute Gasteiger partial charge is 0.322 e. The van der Waals surface area contributed by atoms with Crippen molar-refractivity contribution in [1.82, 2.24) is 10.2 Å². The van der Waals surface area contributed by atoms with Crippen LogP contribution in [0.5, 0.6) is 0 Å². The summed E-state index contributed by atoms with van der Waals surface area (Å²) < 4.78 is 0. The monoisotopic (exact) mass is 293 g/mol. The zero-order valence-electron chi connectivity index (χ0n) is 12.9. The van der Waals surface area contributed by atoms with Crippen LogP contribution in [0, 0.1) is 0 Å². The van der Waals surface area contributed by atoms with Crippen molar-refractivity contribution in [2.75, 3.05) is 18.9 Å². The van der Waals surface area contributed by atoms with Crippen LogP contribution in [0.15, 0.2) is 24.3 Å². The molecular formula is C15H23N3O3. The third kappa shape index (κ3) is 5.83. The van der Waals surface area contributed by atoms with E-state index in [1.165, 1.54) is 4.90 Å². The van der Waals surface area contributed by atoms with Gasteiger partial charge < -0.3 is 20.6 Å². The number of hydrogen-bond donors (Lipinski definition) is 3. The highest BCUT2D eigenvalue weighted by molar-refractivity contribution is 5.92. The van der Waals surface area contributed by atoms with Crippen molar-refractivity contribution in [1.29, 1.82) is 0 Å². The Morgan fingerprint density at radius 2 is 1.95 bits per heavy atom. The molecule has 0 spiro atoms. The van der Waals surface area contributed by atoms with Crippen molar-refractivity contribution >= 4 is 17.6 Å². The number of benzene rings is 1. The molecule has 6 nitrogen and oxygen atoms in total. The van der Waals surface area contributed by atoms with Gasteiger partial charge in [0.1, 0.15) is 6.54 Å². The van der Waals surface area contributed by atoms with E-state index in [0.717, 1.165) is 0 Å². The Balaban J connectivity index is 2.60. The molecule has 1 rings (SSSR count). The van der Waals surface area contributed by atoms with Crippen molar-refractivity contribution in [2.45, 2.75) is 32.9 Å². The predicted octanol–water partition coefficient (Wildman–Crippen LogP) is 1.73. The van der Waals surface area contributed by atoms with Crippen LogP contribution in [0.1, 0.15) is 32.4 Å². The average Bonchev–Trinajstić information content (AvgIpc) is 2.37. The topological polar surface area (TPSA) is 81.7 Å². The van der Waals surface area contributed by atoms with Gasteiger partial charge in [0.15, 0.2) is 0 Å². The lowest BCUT2D eigenvalue weighted by Gasteiger charge is -2.19. The number of amides is 3. The molecule has 3 amide bonds. The Hall–Kier alpha value is -2.08. The van der Waals surface area contributed by atoms with Gasteiger partial charge in [0.25, 0.3) is 0 Å². The summed E-state index contributed by atoms with van der Waals surface area (Å²) in [6, 6.07) is 6.62. The number of hydrogen-bond acceptors (Lipinski definition) is 3. The Kier molecular flexibility index (Phi) is 6.17. The summed E-state index contributed by atoms with van der Waals surface area (Å²) in [4.78, 5) is 24.9. The summed E-state index contributed by atoms with van der Waals surface area (Å²) in [5.74, 6) is -0.208. The number of carbonyl (C=O) groups excluding carboxylic acids is 2. The summed E-state index contributed by atoms with van der Waals surface area (Å²) in [6.45, 7) is 5.36. The van der Waals surface area contributed by atoms with Crippen LogP contribution in [-0.4, -0.2) is 41.6 Å². The quantitative estimate of drug-likeness (QED) is 0.773. The standard InChI is InChI=1S/C15H23N3O3/c1-10(2)16-14(20)9-18(4)15(21)17-13-7-5-6-12(8-13)11(3)19/h5-8,10-11,19H,9H2,1-4H3,(H,16,20)(H,17,21). The molecule has 21 heavy (non-hydrogen) atoms. The summed E-state index contributed by atoms with van der Waals surface area (Å²) in [7, 11) is 1.55. The molecule has 0 bridgehead atoms. The van der Waals surface area contributed by atoms with Gasteiger partial charge >= 0.3 is 6.03 Å². The van der Waals surface area contributed by atoms with Gasteiger partial charge in [0.2, 0.25) is 5.91 Å². The van der Waals surface area contributed by atoms with Gasteiger partial charge in [-0.1, -0.05) is 12.1 Å². The lowest BCUT2D eigenvalue weighted by Crippen LogP contribution is -2.42. The fourth-order valence-corrected chi connectivity index (χ4v) is 1.75. The zero-order chi connectivity index (χ0) is 16.0. The molecule has 1 aromatic rings. The highest BCUT2D eigenvalue weighted by Gasteiger charge is 2.14. The number of aliphatic hydroxyl groups excluding tert-OH is 1. The van der Waals surface area contributed by atoms with E-state index in [1.54, 1.807) is 38.2 Å². The van der Waals surface area contributed by atoms with Gasteiger partial charge in [0, 0.05) is 18.8 Å². The predicted molar refractivity (Wildman–Crippen MR) is 82.0 cm³/mol. The van der Waals surface area contributed by atoms with Crippen LogP contribution < -0.4 is 10.6 Å². The number of anilines is 1. The lowest BCUT2D eigenvalue weighted by molar-refractivity contribution is -0.121. The summed E-state index contributed by atoms with van der Waals surface area (Å²) in [5.41, 5.74) is 1.29. The fourth-order valence-electron chi connectivity index (χ4n) is 1.75. The van der Waals surface area contributed by atoms with Crippen molar-refractivity contribution in [3.8, 4) is 0 Å². The van der Waals surface area contributed by atoms with Crippen molar-refractivity contribution in [3.05, 3.63) is 29.8 Å². The molecule has 116 valence electrons. The van der Waals surface area contributed by atoms with E-state index in [2.05, 4.69) is 10.6 Å². The zero-order valence-corrected chi connectivity index (χ0v) is 12.9. The van der Waals surface area contributed by atoms with E-state index in [-0.39, 0.29) is 24.5 Å². The highest BCUT2D eigenvalue weighted by Crippen LogP contribution is 2.17. The van der Waals surface area contributed by atoms with E-state index in [9.17, 15) is 14.7 Å². The van der Waals surface area contributed by atoms with Gasteiger partial charge in [-0.15, -0.1) is 0 Å². The number of nitrogens with one attached hydrogen (secondary N) is 2. The lowest BCUT2D eigenvalue weighted by atomic mass is 10.1. The van der Waals surface area contributed by atoms with E-state index in [0.29, 0.717) is 11.3 Å². The van der Waals surface area contributed by atoms with Crippen LogP contribution in [0.3, 0.4) is 0 Å². The molecule has 3 N–H and O–H groups in total. The largest absolute Gasteiger partial charge is 0.389 e. The van der Waals surface area contributed by atoms with Gasteiger partial charge in [-0.05, 0) is 38.5 Å². The van der Waals surface area contributed by atoms with Crippen molar-refractivity contribution in [2.24, 2.45) is 0 Å². The third-order valence-corrected chi connectivity index (χ3v) is 2.80. The Bertz CT molecular complexity index is 501. The second-order valence-corrected chi connectivity index (χ2v) is 5.31. The molecule has 1 unspecified atom stereocenters. The minimum absolute atomic E-state index is 0.0138. The first kappa shape index (κ1) is 17.0. The van der Waals surface area contributed by atoms with Crippen molar-refractivity contribution < 1.29 is 14.7 Å². The van der Waals surface area contributed by atoms with Gasteiger partial charge in [-0.2, -0.15) is 0 Å². The SMILES string of the molecule is CC(C)NC(=O)CN(C)C(=O)Nc1cccc(C(C)O)c1. The molecule has 1 atom stereocenters. The Morgan fingerprint density at radius 1 is 1.29 bits per heavy atom. The van der Waals surface area contributed by atoms with Crippen LogP contribution in [0.2, 0.25) is 0 Å². The van der Waals surface area contributed by atoms with Gasteiger partial charge in [-0.25, -0.2) is 4.79 Å². The average molecular weight is 293 g/mol. The van der Waals surface area contributed by atoms with E-state index in [1.807, 2.05) is 13.8 Å². The second kappa shape index (κ2) is 7.64. The molecule has 1 aromatic carbocycles. The van der Waals surface area contributed by atoms with E-state index < -0.39 is 6.10 Å². The molecule has 0 aromatic heterocycles. The maximum Gasteiger partial charge on any atom is 0.322 e. The number of urea groups is 1. The fraction of sp³-hybridized carbons (Fsp3) is 0.467. The molecule has 0 aliphatic rings. The van der Waals surface area contributed by atoms with Crippen LogP contribution in [-0.2, 0) is 4.79 Å². The molecule has 0 heterocycles. The van der Waals surface area contributed by atoms with E-state index >= 15 is 0 Å². The van der Waals surface area contributed by atoms with Crippen LogP contribution in [0.4, 0.5) is 10.5 Å². The minimum Gasteiger partial charge on any atom is -0.389 e. The molecule has 0 aliphatic heterocycles. The van der Waals surface area contributed by atoms with Crippen LogP contribution >= 0.6 is 0 Å². The first-order chi connectivity index (χ1) is 9.79. The number of rotatable bonds is 5. The van der Waals surface area contributed by atoms with E-state index in [4.69, 9.17) is 0 Å². The molecule has 0 aliphatic carbocycles. The van der Waals surface area contributed by atoms with Crippen molar-refractivity contribution in [3.63, 3.8) is 0 Å². The molecule has 0 fully saturated rings. The first-order valence-corrected chi connectivity index (χ1v) is 6.89.